The first-order valence-corrected chi connectivity index (χ1v) is 7.21. The molecule has 1 fully saturated rings. The molecule has 2 heteroatoms. The van der Waals surface area contributed by atoms with Crippen molar-refractivity contribution < 1.29 is 0 Å². The van der Waals surface area contributed by atoms with Gasteiger partial charge in [-0.1, -0.05) is 19.9 Å². The van der Waals surface area contributed by atoms with Crippen LogP contribution in [0.2, 0.25) is 0 Å². The second kappa shape index (κ2) is 7.17. The molecule has 0 bridgehead atoms. The van der Waals surface area contributed by atoms with Crippen LogP contribution >= 0.6 is 0 Å². The van der Waals surface area contributed by atoms with E-state index in [-0.39, 0.29) is 0 Å². The number of hydrogen-bond donors (Lipinski definition) is 1. The van der Waals surface area contributed by atoms with Gasteiger partial charge in [0, 0.05) is 24.7 Å². The first-order valence-electron chi connectivity index (χ1n) is 7.21. The van der Waals surface area contributed by atoms with E-state index in [9.17, 15) is 0 Å². The number of hydrogen-bond acceptors (Lipinski definition) is 2. The Balaban J connectivity index is 2.52. The van der Waals surface area contributed by atoms with E-state index in [0.717, 1.165) is 18.9 Å². The Morgan fingerprint density at radius 1 is 1.47 bits per heavy atom. The van der Waals surface area contributed by atoms with E-state index < -0.39 is 0 Å². The molecule has 0 aromatic heterocycles. The van der Waals surface area contributed by atoms with Gasteiger partial charge in [-0.25, -0.2) is 0 Å². The Morgan fingerprint density at radius 2 is 2.18 bits per heavy atom. The van der Waals surface area contributed by atoms with Gasteiger partial charge in [0.05, 0.1) is 0 Å². The summed E-state index contributed by atoms with van der Waals surface area (Å²) in [5.41, 5.74) is 0. The molecule has 1 aliphatic rings. The van der Waals surface area contributed by atoms with Crippen molar-refractivity contribution in [1.29, 1.82) is 0 Å². The van der Waals surface area contributed by atoms with Crippen molar-refractivity contribution in [2.24, 2.45) is 5.92 Å². The summed E-state index contributed by atoms with van der Waals surface area (Å²) < 4.78 is 0. The second-order valence-electron chi connectivity index (χ2n) is 5.56. The quantitative estimate of drug-likeness (QED) is 0.716. The van der Waals surface area contributed by atoms with Crippen LogP contribution in [0, 0.1) is 5.92 Å². The largest absolute Gasteiger partial charge is 0.314 e. The number of nitrogens with one attached hydrogen (secondary N) is 1. The van der Waals surface area contributed by atoms with E-state index in [1.54, 1.807) is 0 Å². The third kappa shape index (κ3) is 3.82. The molecule has 4 atom stereocenters. The van der Waals surface area contributed by atoms with Crippen LogP contribution < -0.4 is 5.32 Å². The maximum Gasteiger partial charge on any atom is 0.0120 e. The second-order valence-corrected chi connectivity index (χ2v) is 5.56. The summed E-state index contributed by atoms with van der Waals surface area (Å²) in [4.78, 5) is 2.65. The smallest absolute Gasteiger partial charge is 0.0120 e. The molecule has 0 spiro atoms. The van der Waals surface area contributed by atoms with E-state index in [0.29, 0.717) is 18.1 Å². The maximum absolute atomic E-state index is 3.86. The molecule has 1 heterocycles. The highest BCUT2D eigenvalue weighted by Crippen LogP contribution is 2.26. The lowest BCUT2D eigenvalue weighted by molar-refractivity contribution is 0.0539. The molecular weight excluding hydrogens is 208 g/mol. The van der Waals surface area contributed by atoms with E-state index in [4.69, 9.17) is 0 Å². The summed E-state index contributed by atoms with van der Waals surface area (Å²) in [6.45, 7) is 15.6. The SMILES string of the molecule is C=CCC(C)N1CCC(NCCC)C(C)C1C. The number of likely N-dealkylation sites (tertiary alicyclic amines) is 1. The van der Waals surface area contributed by atoms with Crippen molar-refractivity contribution in [3.8, 4) is 0 Å². The predicted octanol–water partition coefficient (Wildman–Crippen LogP) is 3.05. The Morgan fingerprint density at radius 3 is 2.76 bits per heavy atom. The lowest BCUT2D eigenvalue weighted by atomic mass is 9.85. The summed E-state index contributed by atoms with van der Waals surface area (Å²) in [7, 11) is 0. The van der Waals surface area contributed by atoms with Crippen LogP contribution in [0.4, 0.5) is 0 Å². The third-order valence-electron chi connectivity index (χ3n) is 4.35. The van der Waals surface area contributed by atoms with Crippen molar-refractivity contribution in [1.82, 2.24) is 10.2 Å². The zero-order chi connectivity index (χ0) is 12.8. The molecule has 0 saturated carbocycles. The van der Waals surface area contributed by atoms with Gasteiger partial charge in [0.1, 0.15) is 0 Å². The fourth-order valence-corrected chi connectivity index (χ4v) is 3.01. The molecular formula is C15H30N2. The van der Waals surface area contributed by atoms with Crippen LogP contribution in [-0.2, 0) is 0 Å². The molecule has 0 aromatic rings. The number of nitrogens with zero attached hydrogens (tertiary/aromatic N) is 1. The molecule has 1 rings (SSSR count). The Kier molecular flexibility index (Phi) is 6.21. The maximum atomic E-state index is 3.86. The summed E-state index contributed by atoms with van der Waals surface area (Å²) >= 11 is 0. The highest BCUT2D eigenvalue weighted by molar-refractivity contribution is 4.91. The van der Waals surface area contributed by atoms with E-state index in [2.05, 4.69) is 44.5 Å². The van der Waals surface area contributed by atoms with Gasteiger partial charge < -0.3 is 5.32 Å². The highest BCUT2D eigenvalue weighted by atomic mass is 15.2. The van der Waals surface area contributed by atoms with Gasteiger partial charge >= 0.3 is 0 Å². The number of rotatable bonds is 6. The summed E-state index contributed by atoms with van der Waals surface area (Å²) in [6.07, 6.45) is 5.66. The topological polar surface area (TPSA) is 15.3 Å². The summed E-state index contributed by atoms with van der Waals surface area (Å²) in [5, 5.41) is 3.70. The van der Waals surface area contributed by atoms with E-state index >= 15 is 0 Å². The standard InChI is InChI=1S/C15H30N2/c1-6-8-12(3)17-11-9-15(16-10-7-2)13(4)14(17)5/h6,12-16H,1,7-11H2,2-5H3. The molecule has 1 saturated heterocycles. The summed E-state index contributed by atoms with van der Waals surface area (Å²) in [6, 6.07) is 2.02. The van der Waals surface area contributed by atoms with Crippen molar-refractivity contribution >= 4 is 0 Å². The minimum atomic E-state index is 0.636. The van der Waals surface area contributed by atoms with Crippen LogP contribution in [-0.4, -0.2) is 36.1 Å². The molecule has 17 heavy (non-hydrogen) atoms. The van der Waals surface area contributed by atoms with Gasteiger partial charge in [-0.2, -0.15) is 0 Å². The Labute approximate surface area is 107 Å². The molecule has 1 N–H and O–H groups in total. The molecule has 100 valence electrons. The van der Waals surface area contributed by atoms with Gasteiger partial charge in [0.15, 0.2) is 0 Å². The van der Waals surface area contributed by atoms with Gasteiger partial charge in [-0.15, -0.1) is 6.58 Å². The third-order valence-corrected chi connectivity index (χ3v) is 4.35. The van der Waals surface area contributed by atoms with Gasteiger partial charge in [-0.05, 0) is 45.6 Å². The molecule has 0 aromatic carbocycles. The zero-order valence-corrected chi connectivity index (χ0v) is 12.1. The zero-order valence-electron chi connectivity index (χ0n) is 12.1. The molecule has 0 radical (unpaired) electrons. The molecule has 0 aliphatic carbocycles. The first kappa shape index (κ1) is 14.7. The monoisotopic (exact) mass is 238 g/mol. The molecule has 0 amide bonds. The van der Waals surface area contributed by atoms with Crippen molar-refractivity contribution in [2.45, 2.75) is 65.1 Å². The average molecular weight is 238 g/mol. The van der Waals surface area contributed by atoms with Gasteiger partial charge in [-0.3, -0.25) is 4.90 Å². The normalized spacial score (nSPS) is 32.4. The molecule has 1 aliphatic heterocycles. The minimum absolute atomic E-state index is 0.636. The molecule has 2 nitrogen and oxygen atoms in total. The van der Waals surface area contributed by atoms with Crippen LogP contribution in [0.1, 0.15) is 47.0 Å². The van der Waals surface area contributed by atoms with Crippen molar-refractivity contribution in [3.63, 3.8) is 0 Å². The Hall–Kier alpha value is -0.340. The lowest BCUT2D eigenvalue weighted by Gasteiger charge is -2.45. The number of piperidine rings is 1. The van der Waals surface area contributed by atoms with Crippen molar-refractivity contribution in [2.75, 3.05) is 13.1 Å². The average Bonchev–Trinajstić information content (AvgIpc) is 2.31. The van der Waals surface area contributed by atoms with Crippen molar-refractivity contribution in [3.05, 3.63) is 12.7 Å². The van der Waals surface area contributed by atoms with Crippen LogP contribution in [0.5, 0.6) is 0 Å². The van der Waals surface area contributed by atoms with Crippen LogP contribution in [0.15, 0.2) is 12.7 Å². The first-order chi connectivity index (χ1) is 8.11. The Bertz CT molecular complexity index is 227. The van der Waals surface area contributed by atoms with Crippen LogP contribution in [0.3, 0.4) is 0 Å². The van der Waals surface area contributed by atoms with E-state index in [1.165, 1.54) is 19.4 Å². The van der Waals surface area contributed by atoms with Crippen LogP contribution in [0.25, 0.3) is 0 Å². The predicted molar refractivity (Wildman–Crippen MR) is 76.3 cm³/mol. The fraction of sp³-hybridized carbons (Fsp3) is 0.867. The molecule has 4 unspecified atom stereocenters. The lowest BCUT2D eigenvalue weighted by Crippen LogP contribution is -2.55. The van der Waals surface area contributed by atoms with Gasteiger partial charge in [0.25, 0.3) is 0 Å². The highest BCUT2D eigenvalue weighted by Gasteiger charge is 2.33. The minimum Gasteiger partial charge on any atom is -0.314 e. The fourth-order valence-electron chi connectivity index (χ4n) is 3.01. The summed E-state index contributed by atoms with van der Waals surface area (Å²) in [5.74, 6) is 0.738. The van der Waals surface area contributed by atoms with E-state index in [1.807, 2.05) is 6.08 Å². The van der Waals surface area contributed by atoms with Gasteiger partial charge in [0.2, 0.25) is 0 Å².